The SMILES string of the molecule is COC(=O)c1cc2cc(OC)c(OC)cc2c(-c2ccnc(N(C)C)c2)c1C(=O)OC. The average Bonchev–Trinajstić information content (AvgIpc) is 2.80. The summed E-state index contributed by atoms with van der Waals surface area (Å²) in [6.45, 7) is 0. The Morgan fingerprint density at radius 3 is 2.10 bits per heavy atom. The van der Waals surface area contributed by atoms with Crippen LogP contribution in [0, 0.1) is 0 Å². The minimum Gasteiger partial charge on any atom is -0.493 e. The summed E-state index contributed by atoms with van der Waals surface area (Å²) in [6.07, 6.45) is 1.64. The highest BCUT2D eigenvalue weighted by atomic mass is 16.5. The molecule has 8 nitrogen and oxygen atoms in total. The number of esters is 2. The van der Waals surface area contributed by atoms with Crippen LogP contribution in [0.1, 0.15) is 20.7 Å². The largest absolute Gasteiger partial charge is 0.493 e. The summed E-state index contributed by atoms with van der Waals surface area (Å²) in [6, 6.07) is 8.71. The van der Waals surface area contributed by atoms with Gasteiger partial charge in [0.25, 0.3) is 0 Å². The van der Waals surface area contributed by atoms with Crippen LogP contribution in [0.5, 0.6) is 11.5 Å². The molecule has 1 heterocycles. The molecule has 0 amide bonds. The van der Waals surface area contributed by atoms with Gasteiger partial charge < -0.3 is 23.8 Å². The van der Waals surface area contributed by atoms with Gasteiger partial charge in [0.05, 0.1) is 39.6 Å². The third-order valence-electron chi connectivity index (χ3n) is 4.93. The quantitative estimate of drug-likeness (QED) is 0.555. The maximum Gasteiger partial charge on any atom is 0.339 e. The Balaban J connectivity index is 2.54. The fraction of sp³-hybridized carbons (Fsp3) is 0.261. The number of nitrogens with zero attached hydrogens (tertiary/aromatic N) is 2. The molecule has 0 spiro atoms. The summed E-state index contributed by atoms with van der Waals surface area (Å²) in [5.41, 5.74) is 1.38. The molecule has 0 saturated carbocycles. The summed E-state index contributed by atoms with van der Waals surface area (Å²) in [5, 5.41) is 1.35. The number of hydrogen-bond acceptors (Lipinski definition) is 8. The van der Waals surface area contributed by atoms with Crippen LogP contribution in [0.25, 0.3) is 21.9 Å². The Labute approximate surface area is 180 Å². The van der Waals surface area contributed by atoms with Crippen molar-refractivity contribution < 1.29 is 28.5 Å². The molecule has 0 aliphatic carbocycles. The van der Waals surface area contributed by atoms with Crippen molar-refractivity contribution in [3.63, 3.8) is 0 Å². The molecule has 0 unspecified atom stereocenters. The van der Waals surface area contributed by atoms with E-state index in [9.17, 15) is 9.59 Å². The number of pyridine rings is 1. The van der Waals surface area contributed by atoms with Crippen LogP contribution >= 0.6 is 0 Å². The van der Waals surface area contributed by atoms with E-state index in [-0.39, 0.29) is 11.1 Å². The third kappa shape index (κ3) is 3.96. The normalized spacial score (nSPS) is 10.5. The van der Waals surface area contributed by atoms with Crippen molar-refractivity contribution in [3.05, 3.63) is 47.7 Å². The van der Waals surface area contributed by atoms with E-state index in [0.717, 1.165) is 0 Å². The van der Waals surface area contributed by atoms with Gasteiger partial charge in [0.1, 0.15) is 5.82 Å². The lowest BCUT2D eigenvalue weighted by Gasteiger charge is -2.19. The molecule has 31 heavy (non-hydrogen) atoms. The predicted molar refractivity (Wildman–Crippen MR) is 117 cm³/mol. The van der Waals surface area contributed by atoms with Crippen molar-refractivity contribution in [3.8, 4) is 22.6 Å². The Morgan fingerprint density at radius 1 is 0.871 bits per heavy atom. The first-order valence-electron chi connectivity index (χ1n) is 9.39. The van der Waals surface area contributed by atoms with E-state index in [1.54, 1.807) is 30.5 Å². The van der Waals surface area contributed by atoms with E-state index in [2.05, 4.69) is 4.98 Å². The summed E-state index contributed by atoms with van der Waals surface area (Å²) < 4.78 is 20.9. The minimum absolute atomic E-state index is 0.0901. The van der Waals surface area contributed by atoms with Crippen LogP contribution in [0.2, 0.25) is 0 Å². The molecule has 1 aromatic heterocycles. The van der Waals surface area contributed by atoms with E-state index >= 15 is 0 Å². The first kappa shape index (κ1) is 21.9. The number of fused-ring (bicyclic) bond motifs is 1. The Kier molecular flexibility index (Phi) is 6.29. The van der Waals surface area contributed by atoms with Crippen LogP contribution in [-0.4, -0.2) is 59.5 Å². The van der Waals surface area contributed by atoms with Gasteiger partial charge in [0, 0.05) is 25.9 Å². The number of aromatic nitrogens is 1. The molecule has 0 atom stereocenters. The van der Waals surface area contributed by atoms with Gasteiger partial charge in [-0.25, -0.2) is 14.6 Å². The number of anilines is 1. The monoisotopic (exact) mass is 424 g/mol. The zero-order valence-corrected chi connectivity index (χ0v) is 18.3. The van der Waals surface area contributed by atoms with Crippen LogP contribution in [-0.2, 0) is 9.47 Å². The number of benzene rings is 2. The second kappa shape index (κ2) is 8.91. The van der Waals surface area contributed by atoms with Crippen molar-refractivity contribution in [1.29, 1.82) is 0 Å². The standard InChI is InChI=1S/C23H24N2O6/c1-25(2)19-11-13(7-8-24-19)20-15-12-18(29-4)17(28-3)10-14(15)9-16(22(26)30-5)21(20)23(27)31-6/h7-12H,1-6H3. The van der Waals surface area contributed by atoms with Gasteiger partial charge in [-0.3, -0.25) is 0 Å². The second-order valence-corrected chi connectivity index (χ2v) is 6.88. The summed E-state index contributed by atoms with van der Waals surface area (Å²) in [5.74, 6) is 0.354. The van der Waals surface area contributed by atoms with Crippen LogP contribution < -0.4 is 14.4 Å². The molecule has 3 aromatic rings. The zero-order valence-electron chi connectivity index (χ0n) is 18.3. The van der Waals surface area contributed by atoms with E-state index in [0.29, 0.717) is 39.2 Å². The van der Waals surface area contributed by atoms with E-state index < -0.39 is 11.9 Å². The number of carbonyl (C=O) groups is 2. The van der Waals surface area contributed by atoms with Crippen molar-refractivity contribution >= 4 is 28.5 Å². The predicted octanol–water partition coefficient (Wildman–Crippen LogP) is 3.56. The van der Waals surface area contributed by atoms with Crippen molar-refractivity contribution in [2.24, 2.45) is 0 Å². The average molecular weight is 424 g/mol. The van der Waals surface area contributed by atoms with Crippen molar-refractivity contribution in [2.45, 2.75) is 0 Å². The highest BCUT2D eigenvalue weighted by Crippen LogP contribution is 2.41. The smallest absolute Gasteiger partial charge is 0.339 e. The fourth-order valence-electron chi connectivity index (χ4n) is 3.43. The lowest BCUT2D eigenvalue weighted by atomic mass is 9.89. The van der Waals surface area contributed by atoms with Crippen LogP contribution in [0.4, 0.5) is 5.82 Å². The summed E-state index contributed by atoms with van der Waals surface area (Å²) in [4.78, 5) is 31.7. The van der Waals surface area contributed by atoms with Gasteiger partial charge in [-0.2, -0.15) is 0 Å². The second-order valence-electron chi connectivity index (χ2n) is 6.88. The van der Waals surface area contributed by atoms with Gasteiger partial charge in [0.15, 0.2) is 11.5 Å². The molecule has 0 N–H and O–H groups in total. The van der Waals surface area contributed by atoms with Gasteiger partial charge in [0.2, 0.25) is 0 Å². The molecule has 0 bridgehead atoms. The molecule has 8 heteroatoms. The molecular weight excluding hydrogens is 400 g/mol. The minimum atomic E-state index is -0.657. The lowest BCUT2D eigenvalue weighted by molar-refractivity contribution is 0.0556. The number of methoxy groups -OCH3 is 4. The Hall–Kier alpha value is -3.81. The molecule has 0 aliphatic rings. The first-order chi connectivity index (χ1) is 14.9. The molecule has 0 aliphatic heterocycles. The van der Waals surface area contributed by atoms with Crippen LogP contribution in [0.3, 0.4) is 0 Å². The summed E-state index contributed by atoms with van der Waals surface area (Å²) in [7, 11) is 9.32. The van der Waals surface area contributed by atoms with Crippen molar-refractivity contribution in [2.75, 3.05) is 47.4 Å². The number of carbonyl (C=O) groups excluding carboxylic acids is 2. The molecule has 0 saturated heterocycles. The number of hydrogen-bond donors (Lipinski definition) is 0. The summed E-state index contributed by atoms with van der Waals surface area (Å²) >= 11 is 0. The third-order valence-corrected chi connectivity index (χ3v) is 4.93. The fourth-order valence-corrected chi connectivity index (χ4v) is 3.43. The lowest BCUT2D eigenvalue weighted by Crippen LogP contribution is -2.14. The highest BCUT2D eigenvalue weighted by Gasteiger charge is 2.27. The molecular formula is C23H24N2O6. The van der Waals surface area contributed by atoms with Gasteiger partial charge >= 0.3 is 11.9 Å². The Morgan fingerprint density at radius 2 is 1.52 bits per heavy atom. The van der Waals surface area contributed by atoms with E-state index in [1.165, 1.54) is 28.4 Å². The topological polar surface area (TPSA) is 87.2 Å². The van der Waals surface area contributed by atoms with E-state index in [1.807, 2.05) is 25.1 Å². The molecule has 2 aromatic carbocycles. The maximum absolute atomic E-state index is 12.9. The first-order valence-corrected chi connectivity index (χ1v) is 9.39. The Bertz CT molecular complexity index is 1160. The van der Waals surface area contributed by atoms with Gasteiger partial charge in [-0.15, -0.1) is 0 Å². The van der Waals surface area contributed by atoms with Gasteiger partial charge in [-0.05, 0) is 46.7 Å². The highest BCUT2D eigenvalue weighted by molar-refractivity contribution is 6.16. The van der Waals surface area contributed by atoms with Crippen LogP contribution in [0.15, 0.2) is 36.5 Å². The maximum atomic E-state index is 12.9. The van der Waals surface area contributed by atoms with Crippen molar-refractivity contribution in [1.82, 2.24) is 4.98 Å². The zero-order chi connectivity index (χ0) is 22.7. The van der Waals surface area contributed by atoms with Gasteiger partial charge in [-0.1, -0.05) is 0 Å². The molecule has 0 radical (unpaired) electrons. The number of ether oxygens (including phenoxy) is 4. The molecule has 162 valence electrons. The molecule has 0 fully saturated rings. The van der Waals surface area contributed by atoms with E-state index in [4.69, 9.17) is 18.9 Å². The number of rotatable bonds is 6. The molecule has 3 rings (SSSR count).